The summed E-state index contributed by atoms with van der Waals surface area (Å²) in [4.78, 5) is 0. The predicted molar refractivity (Wildman–Crippen MR) is 39.2 cm³/mol. The summed E-state index contributed by atoms with van der Waals surface area (Å²) >= 11 is 0. The Morgan fingerprint density at radius 3 is 2.44 bits per heavy atom. The number of hydrogen-bond acceptors (Lipinski definition) is 0. The molecule has 1 aliphatic carbocycles. The normalized spacial score (nSPS) is 23.3. The van der Waals surface area contributed by atoms with Gasteiger partial charge in [-0.3, -0.25) is 5.73 Å². The lowest BCUT2D eigenvalue weighted by atomic mass is 9.74. The van der Waals surface area contributed by atoms with Crippen molar-refractivity contribution in [3.05, 3.63) is 0 Å². The molecule has 1 nitrogen and oxygen atoms in total. The van der Waals surface area contributed by atoms with Crippen molar-refractivity contribution >= 4 is 0 Å². The number of unbranched alkanes of at least 4 members (excludes halogenated alkanes) is 1. The number of hydrogen-bond donors (Lipinski definition) is 0. The summed E-state index contributed by atoms with van der Waals surface area (Å²) in [6.45, 7) is 2.20. The summed E-state index contributed by atoms with van der Waals surface area (Å²) in [5.41, 5.74) is 7.79. The summed E-state index contributed by atoms with van der Waals surface area (Å²) in [6.07, 6.45) is 7.26. The molecule has 0 aromatic rings. The van der Waals surface area contributed by atoms with Crippen LogP contribution in [-0.2, 0) is 0 Å². The minimum atomic E-state index is 0.0238. The quantitative estimate of drug-likeness (QED) is 0.554. The second-order valence-electron chi connectivity index (χ2n) is 3.24. The van der Waals surface area contributed by atoms with E-state index in [2.05, 4.69) is 6.92 Å². The van der Waals surface area contributed by atoms with Gasteiger partial charge in [0.1, 0.15) is 0 Å². The van der Waals surface area contributed by atoms with E-state index in [0.717, 1.165) is 19.3 Å². The van der Waals surface area contributed by atoms with E-state index in [-0.39, 0.29) is 5.54 Å². The number of rotatable bonds is 3. The number of nitrogens with one attached hydrogen (secondary N) is 1. The Hall–Kier alpha value is -0.0400. The third-order valence-electron chi connectivity index (χ3n) is 2.32. The molecule has 1 aliphatic rings. The zero-order valence-corrected chi connectivity index (χ0v) is 6.24. The van der Waals surface area contributed by atoms with Gasteiger partial charge in [-0.05, 0) is 25.7 Å². The molecule has 0 unspecified atom stereocenters. The summed E-state index contributed by atoms with van der Waals surface area (Å²) in [5.74, 6) is 0. The lowest BCUT2D eigenvalue weighted by Gasteiger charge is -2.36. The van der Waals surface area contributed by atoms with Crippen molar-refractivity contribution in [2.45, 2.75) is 51.0 Å². The van der Waals surface area contributed by atoms with Gasteiger partial charge in [-0.2, -0.15) is 0 Å². The summed E-state index contributed by atoms with van der Waals surface area (Å²) in [5, 5.41) is 0. The van der Waals surface area contributed by atoms with Gasteiger partial charge in [-0.25, -0.2) is 0 Å². The van der Waals surface area contributed by atoms with E-state index in [1.165, 1.54) is 19.3 Å². The molecule has 0 aromatic carbocycles. The Bertz CT molecular complexity index is 84.6. The minimum absolute atomic E-state index is 0.0238. The molecular formula is C8H16N. The molecule has 0 amide bonds. The molecule has 1 heteroatoms. The minimum Gasteiger partial charge on any atom is -0.251 e. The lowest BCUT2D eigenvalue weighted by Crippen LogP contribution is -2.38. The van der Waals surface area contributed by atoms with Crippen molar-refractivity contribution in [3.8, 4) is 0 Å². The molecule has 0 bridgehead atoms. The Morgan fingerprint density at radius 2 is 2.11 bits per heavy atom. The molecule has 9 heavy (non-hydrogen) atoms. The Kier molecular flexibility index (Phi) is 2.12. The van der Waals surface area contributed by atoms with E-state index in [9.17, 15) is 0 Å². The maximum atomic E-state index is 7.76. The zero-order chi connectivity index (χ0) is 6.74. The monoisotopic (exact) mass is 126 g/mol. The predicted octanol–water partition coefficient (Wildman–Crippen LogP) is 2.38. The van der Waals surface area contributed by atoms with Gasteiger partial charge in [-0.1, -0.05) is 19.8 Å². The molecule has 1 N–H and O–H groups in total. The van der Waals surface area contributed by atoms with Crippen molar-refractivity contribution in [1.29, 1.82) is 0 Å². The molecule has 0 atom stereocenters. The van der Waals surface area contributed by atoms with Crippen LogP contribution in [0.1, 0.15) is 45.4 Å². The first-order valence-corrected chi connectivity index (χ1v) is 4.02. The Morgan fingerprint density at radius 1 is 1.44 bits per heavy atom. The molecule has 1 radical (unpaired) electrons. The molecule has 0 heterocycles. The van der Waals surface area contributed by atoms with Crippen LogP contribution in [0, 0.1) is 0 Å². The first-order valence-electron chi connectivity index (χ1n) is 4.02. The topological polar surface area (TPSA) is 23.8 Å². The second-order valence-corrected chi connectivity index (χ2v) is 3.24. The Balaban J connectivity index is 2.09. The average Bonchev–Trinajstić information content (AvgIpc) is 1.79. The maximum absolute atomic E-state index is 7.76. The van der Waals surface area contributed by atoms with Gasteiger partial charge < -0.3 is 0 Å². The Labute approximate surface area is 57.6 Å². The van der Waals surface area contributed by atoms with Crippen molar-refractivity contribution in [2.75, 3.05) is 0 Å². The van der Waals surface area contributed by atoms with Crippen LogP contribution >= 0.6 is 0 Å². The van der Waals surface area contributed by atoms with E-state index in [1.54, 1.807) is 0 Å². The van der Waals surface area contributed by atoms with Crippen LogP contribution < -0.4 is 5.73 Å². The maximum Gasteiger partial charge on any atom is 0.0324 e. The van der Waals surface area contributed by atoms with Gasteiger partial charge >= 0.3 is 0 Å². The largest absolute Gasteiger partial charge is 0.251 e. The standard InChI is InChI=1S/C8H16N/c1-2-3-5-8(9)6-4-7-8/h9H,2-7H2,1H3. The molecule has 1 rings (SSSR count). The van der Waals surface area contributed by atoms with E-state index in [0.29, 0.717) is 0 Å². The van der Waals surface area contributed by atoms with Gasteiger partial charge in [0.15, 0.2) is 0 Å². The summed E-state index contributed by atoms with van der Waals surface area (Å²) in [6, 6.07) is 0. The molecule has 0 spiro atoms. The van der Waals surface area contributed by atoms with Crippen LogP contribution in [0.4, 0.5) is 0 Å². The first-order chi connectivity index (χ1) is 4.27. The highest BCUT2D eigenvalue weighted by molar-refractivity contribution is 4.91. The van der Waals surface area contributed by atoms with Gasteiger partial charge in [0, 0.05) is 5.54 Å². The molecule has 1 fully saturated rings. The van der Waals surface area contributed by atoms with Crippen LogP contribution in [0.2, 0.25) is 0 Å². The van der Waals surface area contributed by atoms with Gasteiger partial charge in [-0.15, -0.1) is 0 Å². The smallest absolute Gasteiger partial charge is 0.0324 e. The molecule has 0 aliphatic heterocycles. The van der Waals surface area contributed by atoms with Gasteiger partial charge in [0.2, 0.25) is 0 Å². The summed E-state index contributed by atoms with van der Waals surface area (Å²) < 4.78 is 0. The molecular weight excluding hydrogens is 110 g/mol. The molecule has 53 valence electrons. The van der Waals surface area contributed by atoms with E-state index >= 15 is 0 Å². The summed E-state index contributed by atoms with van der Waals surface area (Å²) in [7, 11) is 0. The highest BCUT2D eigenvalue weighted by Crippen LogP contribution is 2.34. The second kappa shape index (κ2) is 2.70. The van der Waals surface area contributed by atoms with Gasteiger partial charge in [0.05, 0.1) is 0 Å². The van der Waals surface area contributed by atoms with Crippen LogP contribution in [0.5, 0.6) is 0 Å². The fourth-order valence-electron chi connectivity index (χ4n) is 1.37. The molecule has 1 saturated carbocycles. The SMILES string of the molecule is CCCCC1([NH])CCC1. The zero-order valence-electron chi connectivity index (χ0n) is 6.24. The van der Waals surface area contributed by atoms with Crippen LogP contribution in [-0.4, -0.2) is 5.54 Å². The molecule has 0 saturated heterocycles. The van der Waals surface area contributed by atoms with Crippen LogP contribution in [0.15, 0.2) is 0 Å². The highest BCUT2D eigenvalue weighted by Gasteiger charge is 2.32. The third-order valence-corrected chi connectivity index (χ3v) is 2.32. The fraction of sp³-hybridized carbons (Fsp3) is 1.00. The average molecular weight is 126 g/mol. The fourth-order valence-corrected chi connectivity index (χ4v) is 1.37. The van der Waals surface area contributed by atoms with Crippen molar-refractivity contribution in [1.82, 2.24) is 5.73 Å². The molecule has 0 aromatic heterocycles. The van der Waals surface area contributed by atoms with Crippen molar-refractivity contribution < 1.29 is 0 Å². The van der Waals surface area contributed by atoms with Crippen molar-refractivity contribution in [3.63, 3.8) is 0 Å². The van der Waals surface area contributed by atoms with E-state index < -0.39 is 0 Å². The van der Waals surface area contributed by atoms with Gasteiger partial charge in [0.25, 0.3) is 0 Å². The van der Waals surface area contributed by atoms with Crippen LogP contribution in [0.3, 0.4) is 0 Å². The third kappa shape index (κ3) is 1.68. The highest BCUT2D eigenvalue weighted by atomic mass is 14.8. The van der Waals surface area contributed by atoms with E-state index in [4.69, 9.17) is 5.73 Å². The van der Waals surface area contributed by atoms with Crippen molar-refractivity contribution in [2.24, 2.45) is 0 Å². The lowest BCUT2D eigenvalue weighted by molar-refractivity contribution is 0.216. The van der Waals surface area contributed by atoms with E-state index in [1.807, 2.05) is 0 Å². The first kappa shape index (κ1) is 7.07. The van der Waals surface area contributed by atoms with Crippen LogP contribution in [0.25, 0.3) is 0 Å².